The van der Waals surface area contributed by atoms with Crippen molar-refractivity contribution in [2.45, 2.75) is 63.8 Å². The molecule has 0 aliphatic rings. The van der Waals surface area contributed by atoms with Gasteiger partial charge in [0.25, 0.3) is 5.97 Å². The number of likely N-dealkylation sites (N-methyl/N-ethyl adjacent to an activating group) is 1. The number of carboxylic acid groups (broad SMARTS) is 1. The third-order valence-electron chi connectivity index (χ3n) is 6.80. The number of phenolic OH excluding ortho intramolecular Hbond substituents is 1. The fourth-order valence-electron chi connectivity index (χ4n) is 4.41. The van der Waals surface area contributed by atoms with Gasteiger partial charge in [-0.2, -0.15) is 13.2 Å². The summed E-state index contributed by atoms with van der Waals surface area (Å²) in [4.78, 5) is 65.3. The Hall–Kier alpha value is -5.39. The smallest absolute Gasteiger partial charge is 0.416 e. The number of carbonyl (C=O) groups is 5. The molecule has 0 saturated carbocycles. The number of primary amides is 1. The van der Waals surface area contributed by atoms with Crippen LogP contribution in [0.1, 0.15) is 43.4 Å². The third kappa shape index (κ3) is 15.8. The molecule has 49 heavy (non-hydrogen) atoms. The van der Waals surface area contributed by atoms with E-state index in [1.165, 1.54) is 24.3 Å². The van der Waals surface area contributed by atoms with Crippen LogP contribution in [0.25, 0.3) is 0 Å². The van der Waals surface area contributed by atoms with E-state index in [2.05, 4.69) is 15.6 Å². The molecule has 0 radical (unpaired) electrons. The second kappa shape index (κ2) is 20.1. The van der Waals surface area contributed by atoms with Gasteiger partial charge in [0, 0.05) is 26.4 Å². The molecule has 0 aromatic heterocycles. The van der Waals surface area contributed by atoms with Gasteiger partial charge in [0.15, 0.2) is 5.96 Å². The minimum atomic E-state index is -4.54. The zero-order valence-corrected chi connectivity index (χ0v) is 27.1. The van der Waals surface area contributed by atoms with Gasteiger partial charge in [-0.1, -0.05) is 24.3 Å². The zero-order chi connectivity index (χ0) is 37.3. The molecule has 0 heterocycles. The predicted molar refractivity (Wildman–Crippen MR) is 173 cm³/mol. The summed E-state index contributed by atoms with van der Waals surface area (Å²) in [5, 5.41) is 21.9. The first-order valence-corrected chi connectivity index (χ1v) is 15.0. The van der Waals surface area contributed by atoms with Crippen molar-refractivity contribution in [1.82, 2.24) is 15.5 Å². The molecular weight excluding hydrogens is 653 g/mol. The van der Waals surface area contributed by atoms with Gasteiger partial charge >= 0.3 is 6.18 Å². The Morgan fingerprint density at radius 1 is 0.918 bits per heavy atom. The number of carboxylic acids is 1. The summed E-state index contributed by atoms with van der Waals surface area (Å²) in [6.07, 6.45) is -4.19. The van der Waals surface area contributed by atoms with E-state index in [1.807, 2.05) is 0 Å². The molecule has 18 heteroatoms. The van der Waals surface area contributed by atoms with E-state index in [1.54, 1.807) is 19.1 Å². The average molecular weight is 697 g/mol. The van der Waals surface area contributed by atoms with Crippen LogP contribution in [0.15, 0.2) is 53.5 Å². The van der Waals surface area contributed by atoms with Gasteiger partial charge < -0.3 is 48.7 Å². The quantitative estimate of drug-likeness (QED) is 0.0660. The number of aliphatic imine (C=N–C) groups is 1. The second-order valence-electron chi connectivity index (χ2n) is 10.7. The van der Waals surface area contributed by atoms with Crippen molar-refractivity contribution >= 4 is 35.6 Å². The molecule has 0 aliphatic carbocycles. The van der Waals surface area contributed by atoms with Gasteiger partial charge in [-0.25, -0.2) is 0 Å². The van der Waals surface area contributed by atoms with Crippen molar-refractivity contribution < 1.29 is 47.4 Å². The van der Waals surface area contributed by atoms with E-state index < -0.39 is 66.0 Å². The van der Waals surface area contributed by atoms with Crippen LogP contribution in [0.5, 0.6) is 5.75 Å². The third-order valence-corrected chi connectivity index (χ3v) is 6.80. The number of halogens is 3. The first-order chi connectivity index (χ1) is 22.8. The minimum absolute atomic E-state index is 0.00768. The number of carbonyl (C=O) groups excluding carboxylic acids is 4. The standard InChI is InChI=1S/C29H39F3N8O5.C2H4O2/c1-2-40(23(25(34)43)15-18-5-9-19(10-6-18)29(30,31)32)24(42)16-38-27(45)22(4-3-13-37-28(35)36)39-26(44)21(33)14-17-7-11-20(41)12-8-17;1-2(3)4/h5-12,21-23,41H,2-4,13-16,33H2,1H3,(H2,34,43)(H,38,45)(H,39,44)(H4,35,36,37);1H3,(H,3,4)/t21-,22+,23+;/m0./s1. The van der Waals surface area contributed by atoms with Gasteiger partial charge in [-0.3, -0.25) is 29.0 Å². The van der Waals surface area contributed by atoms with Crippen LogP contribution in [0.4, 0.5) is 13.2 Å². The molecule has 2 rings (SSSR count). The lowest BCUT2D eigenvalue weighted by atomic mass is 10.0. The maximum Gasteiger partial charge on any atom is 0.416 e. The highest BCUT2D eigenvalue weighted by molar-refractivity contribution is 5.93. The topological polar surface area (TPSA) is 270 Å². The first kappa shape index (κ1) is 41.6. The molecule has 0 fully saturated rings. The maximum atomic E-state index is 13.1. The van der Waals surface area contributed by atoms with Gasteiger partial charge in [0.1, 0.15) is 17.8 Å². The van der Waals surface area contributed by atoms with Gasteiger partial charge in [0.2, 0.25) is 23.6 Å². The first-order valence-electron chi connectivity index (χ1n) is 15.0. The number of nitrogens with one attached hydrogen (secondary N) is 2. The number of alkyl halides is 3. The van der Waals surface area contributed by atoms with E-state index in [-0.39, 0.29) is 50.5 Å². The van der Waals surface area contributed by atoms with Gasteiger partial charge in [0.05, 0.1) is 18.2 Å². The number of hydrogen-bond donors (Lipinski definition) is 8. The summed E-state index contributed by atoms with van der Waals surface area (Å²) in [5.41, 5.74) is 22.4. The average Bonchev–Trinajstić information content (AvgIpc) is 3.01. The molecule has 0 spiro atoms. The van der Waals surface area contributed by atoms with Gasteiger partial charge in [-0.15, -0.1) is 0 Å². The summed E-state index contributed by atoms with van der Waals surface area (Å²) >= 11 is 0. The number of amides is 4. The van der Waals surface area contributed by atoms with Crippen molar-refractivity contribution in [3.63, 3.8) is 0 Å². The van der Waals surface area contributed by atoms with Crippen LogP contribution >= 0.6 is 0 Å². The summed E-state index contributed by atoms with van der Waals surface area (Å²) in [5.74, 6) is -3.86. The fourth-order valence-corrected chi connectivity index (χ4v) is 4.41. The van der Waals surface area contributed by atoms with Crippen LogP contribution in [0, 0.1) is 0 Å². The van der Waals surface area contributed by atoms with Gasteiger partial charge in [-0.05, 0) is 61.6 Å². The van der Waals surface area contributed by atoms with Crippen molar-refractivity contribution in [1.29, 1.82) is 0 Å². The number of nitrogens with two attached hydrogens (primary N) is 4. The largest absolute Gasteiger partial charge is 0.508 e. The molecule has 2 aromatic rings. The second-order valence-corrected chi connectivity index (χ2v) is 10.7. The molecule has 0 saturated heterocycles. The number of phenols is 1. The Bertz CT molecular complexity index is 1430. The zero-order valence-electron chi connectivity index (χ0n) is 27.1. The highest BCUT2D eigenvalue weighted by Gasteiger charge is 2.32. The number of benzene rings is 2. The highest BCUT2D eigenvalue weighted by atomic mass is 19.4. The molecule has 270 valence electrons. The molecular formula is C31H43F3N8O7. The van der Waals surface area contributed by atoms with E-state index >= 15 is 0 Å². The number of guanidine groups is 1. The number of hydrogen-bond acceptors (Lipinski definition) is 8. The lowest BCUT2D eigenvalue weighted by Gasteiger charge is -2.29. The van der Waals surface area contributed by atoms with E-state index in [4.69, 9.17) is 32.8 Å². The van der Waals surface area contributed by atoms with Crippen LogP contribution in [0.3, 0.4) is 0 Å². The molecule has 0 aliphatic heterocycles. The number of aromatic hydroxyl groups is 1. The maximum absolute atomic E-state index is 13.1. The Morgan fingerprint density at radius 3 is 1.94 bits per heavy atom. The molecule has 0 unspecified atom stereocenters. The summed E-state index contributed by atoms with van der Waals surface area (Å²) in [7, 11) is 0. The molecule has 15 nitrogen and oxygen atoms in total. The lowest BCUT2D eigenvalue weighted by molar-refractivity contribution is -0.139. The van der Waals surface area contributed by atoms with Crippen molar-refractivity contribution in [2.24, 2.45) is 27.9 Å². The number of nitrogens with zero attached hydrogens (tertiary/aromatic N) is 2. The number of aliphatic carboxylic acids is 1. The Morgan fingerprint density at radius 2 is 1.45 bits per heavy atom. The van der Waals surface area contributed by atoms with Crippen molar-refractivity contribution in [3.8, 4) is 5.75 Å². The molecule has 4 amide bonds. The summed E-state index contributed by atoms with van der Waals surface area (Å²) < 4.78 is 38.8. The Labute approximate surface area is 280 Å². The normalized spacial score (nSPS) is 12.6. The number of rotatable bonds is 16. The molecule has 0 bridgehead atoms. The van der Waals surface area contributed by atoms with Crippen LogP contribution in [0.2, 0.25) is 0 Å². The van der Waals surface area contributed by atoms with Crippen molar-refractivity contribution in [3.05, 3.63) is 65.2 Å². The Kier molecular flexibility index (Phi) is 17.1. The van der Waals surface area contributed by atoms with Crippen LogP contribution < -0.4 is 33.6 Å². The molecule has 12 N–H and O–H groups in total. The fraction of sp³-hybridized carbons (Fsp3) is 0.419. The lowest BCUT2D eigenvalue weighted by Crippen LogP contribution is -2.55. The van der Waals surface area contributed by atoms with Crippen LogP contribution in [-0.2, 0) is 43.0 Å². The summed E-state index contributed by atoms with van der Waals surface area (Å²) in [6, 6.07) is 6.85. The van der Waals surface area contributed by atoms with E-state index in [0.29, 0.717) is 11.1 Å². The molecule has 3 atom stereocenters. The monoisotopic (exact) mass is 696 g/mol. The highest BCUT2D eigenvalue weighted by Crippen LogP contribution is 2.29. The SMILES string of the molecule is CC(=O)O.CCN(C(=O)CNC(=O)[C@@H](CCCN=C(N)N)NC(=O)[C@@H](N)Cc1ccc(O)cc1)[C@H](Cc1ccc(C(F)(F)F)cc1)C(N)=O. The van der Waals surface area contributed by atoms with E-state index in [0.717, 1.165) is 24.0 Å². The Balaban J connectivity index is 0.00000283. The molecule has 2 aromatic carbocycles. The predicted octanol–water partition coefficient (Wildman–Crippen LogP) is -0.0286. The van der Waals surface area contributed by atoms with E-state index in [9.17, 15) is 37.5 Å². The summed E-state index contributed by atoms with van der Waals surface area (Å²) in [6.45, 7) is 2.26. The van der Waals surface area contributed by atoms with Crippen molar-refractivity contribution in [2.75, 3.05) is 19.6 Å². The minimum Gasteiger partial charge on any atom is -0.508 e. The van der Waals surface area contributed by atoms with Crippen LogP contribution in [-0.4, -0.2) is 88.4 Å².